The average Bonchev–Trinajstić information content (AvgIpc) is 2.18. The molecule has 0 aliphatic carbocycles. The second kappa shape index (κ2) is 6.62. The van der Waals surface area contributed by atoms with Crippen molar-refractivity contribution >= 4 is 0 Å². The van der Waals surface area contributed by atoms with Crippen LogP contribution in [0.15, 0.2) is 24.3 Å². The van der Waals surface area contributed by atoms with E-state index in [1.807, 2.05) is 0 Å². The molecule has 0 aliphatic heterocycles. The van der Waals surface area contributed by atoms with Gasteiger partial charge in [0.05, 0.1) is 0 Å². The standard InChI is InChI=1S/C14H23N/c1-4-15-9-8-13(3)11-14-7-5-6-12(2)10-14/h5-7,10,13,15H,4,8-9,11H2,1-3H3. The minimum Gasteiger partial charge on any atom is -0.317 e. The normalized spacial score (nSPS) is 12.7. The summed E-state index contributed by atoms with van der Waals surface area (Å²) in [5.41, 5.74) is 2.84. The van der Waals surface area contributed by atoms with Crippen LogP contribution in [0.2, 0.25) is 0 Å². The van der Waals surface area contributed by atoms with Crippen LogP contribution in [-0.2, 0) is 6.42 Å². The molecule has 0 radical (unpaired) electrons. The lowest BCUT2D eigenvalue weighted by molar-refractivity contribution is 0.504. The summed E-state index contributed by atoms with van der Waals surface area (Å²) in [6.07, 6.45) is 2.47. The van der Waals surface area contributed by atoms with E-state index in [0.29, 0.717) is 0 Å². The molecule has 1 heteroatoms. The Kier molecular flexibility index (Phi) is 5.41. The van der Waals surface area contributed by atoms with E-state index in [4.69, 9.17) is 0 Å². The van der Waals surface area contributed by atoms with E-state index in [-0.39, 0.29) is 0 Å². The largest absolute Gasteiger partial charge is 0.317 e. The molecule has 0 amide bonds. The van der Waals surface area contributed by atoms with Crippen LogP contribution in [0.4, 0.5) is 0 Å². The van der Waals surface area contributed by atoms with Crippen LogP contribution < -0.4 is 5.32 Å². The topological polar surface area (TPSA) is 12.0 Å². The van der Waals surface area contributed by atoms with Crippen LogP contribution in [0.5, 0.6) is 0 Å². The van der Waals surface area contributed by atoms with Gasteiger partial charge in [0.1, 0.15) is 0 Å². The van der Waals surface area contributed by atoms with Crippen LogP contribution in [0.1, 0.15) is 31.4 Å². The predicted octanol–water partition coefficient (Wildman–Crippen LogP) is 3.17. The molecule has 0 saturated carbocycles. The van der Waals surface area contributed by atoms with Crippen molar-refractivity contribution < 1.29 is 0 Å². The van der Waals surface area contributed by atoms with Crippen molar-refractivity contribution in [1.82, 2.24) is 5.32 Å². The molecule has 84 valence electrons. The first-order valence-corrected chi connectivity index (χ1v) is 5.98. The monoisotopic (exact) mass is 205 g/mol. The third-order valence-electron chi connectivity index (χ3n) is 2.73. The van der Waals surface area contributed by atoms with E-state index in [2.05, 4.69) is 50.4 Å². The van der Waals surface area contributed by atoms with Crippen molar-refractivity contribution in [2.75, 3.05) is 13.1 Å². The van der Waals surface area contributed by atoms with Crippen molar-refractivity contribution in [3.8, 4) is 0 Å². The fraction of sp³-hybridized carbons (Fsp3) is 0.571. The van der Waals surface area contributed by atoms with Crippen molar-refractivity contribution in [2.45, 2.75) is 33.6 Å². The minimum atomic E-state index is 0.769. The molecule has 1 unspecified atom stereocenters. The number of rotatable bonds is 6. The SMILES string of the molecule is CCNCCC(C)Cc1cccc(C)c1. The first-order chi connectivity index (χ1) is 7.22. The van der Waals surface area contributed by atoms with E-state index in [1.165, 1.54) is 24.0 Å². The Morgan fingerprint density at radius 3 is 2.80 bits per heavy atom. The summed E-state index contributed by atoms with van der Waals surface area (Å²) in [6.45, 7) is 8.87. The molecule has 0 heterocycles. The maximum atomic E-state index is 3.38. The summed E-state index contributed by atoms with van der Waals surface area (Å²) in [5.74, 6) is 0.769. The fourth-order valence-corrected chi connectivity index (χ4v) is 1.87. The van der Waals surface area contributed by atoms with E-state index < -0.39 is 0 Å². The Labute approximate surface area is 93.9 Å². The van der Waals surface area contributed by atoms with Gasteiger partial charge >= 0.3 is 0 Å². The van der Waals surface area contributed by atoms with E-state index in [1.54, 1.807) is 0 Å². The molecule has 0 bridgehead atoms. The van der Waals surface area contributed by atoms with Crippen molar-refractivity contribution in [3.05, 3.63) is 35.4 Å². The highest BCUT2D eigenvalue weighted by molar-refractivity contribution is 5.22. The van der Waals surface area contributed by atoms with Crippen molar-refractivity contribution in [3.63, 3.8) is 0 Å². The second-order valence-corrected chi connectivity index (χ2v) is 4.44. The van der Waals surface area contributed by atoms with Gasteiger partial charge in [-0.05, 0) is 44.3 Å². The van der Waals surface area contributed by atoms with Gasteiger partial charge in [0.15, 0.2) is 0 Å². The highest BCUT2D eigenvalue weighted by Gasteiger charge is 2.03. The van der Waals surface area contributed by atoms with Crippen LogP contribution in [0.3, 0.4) is 0 Å². The maximum Gasteiger partial charge on any atom is -0.00464 e. The zero-order valence-corrected chi connectivity index (χ0v) is 10.2. The Bertz CT molecular complexity index is 280. The van der Waals surface area contributed by atoms with Crippen molar-refractivity contribution in [1.29, 1.82) is 0 Å². The summed E-state index contributed by atoms with van der Waals surface area (Å²) in [5, 5.41) is 3.38. The molecule has 1 aromatic rings. The number of nitrogens with one attached hydrogen (secondary N) is 1. The van der Waals surface area contributed by atoms with Gasteiger partial charge in [0.25, 0.3) is 0 Å². The zero-order chi connectivity index (χ0) is 11.1. The molecule has 0 aliphatic rings. The summed E-state index contributed by atoms with van der Waals surface area (Å²) in [4.78, 5) is 0. The van der Waals surface area contributed by atoms with Crippen LogP contribution in [0.25, 0.3) is 0 Å². The molecule has 1 aromatic carbocycles. The zero-order valence-electron chi connectivity index (χ0n) is 10.2. The molecule has 1 nitrogen and oxygen atoms in total. The molecule has 1 N–H and O–H groups in total. The third-order valence-corrected chi connectivity index (χ3v) is 2.73. The van der Waals surface area contributed by atoms with Crippen LogP contribution >= 0.6 is 0 Å². The molecule has 0 saturated heterocycles. The predicted molar refractivity (Wildman–Crippen MR) is 67.2 cm³/mol. The third kappa shape index (κ3) is 4.98. The van der Waals surface area contributed by atoms with Gasteiger partial charge in [-0.3, -0.25) is 0 Å². The smallest absolute Gasteiger partial charge is 0.00464 e. The number of benzene rings is 1. The highest BCUT2D eigenvalue weighted by atomic mass is 14.8. The van der Waals surface area contributed by atoms with Gasteiger partial charge in [-0.15, -0.1) is 0 Å². The Morgan fingerprint density at radius 2 is 2.13 bits per heavy atom. The Hall–Kier alpha value is -0.820. The number of aryl methyl sites for hydroxylation is 1. The first-order valence-electron chi connectivity index (χ1n) is 5.98. The molecule has 0 spiro atoms. The lowest BCUT2D eigenvalue weighted by atomic mass is 9.97. The van der Waals surface area contributed by atoms with Gasteiger partial charge in [-0.1, -0.05) is 43.7 Å². The average molecular weight is 205 g/mol. The molecule has 1 atom stereocenters. The van der Waals surface area contributed by atoms with Crippen LogP contribution in [0, 0.1) is 12.8 Å². The van der Waals surface area contributed by atoms with Gasteiger partial charge in [-0.25, -0.2) is 0 Å². The van der Waals surface area contributed by atoms with E-state index in [0.717, 1.165) is 19.0 Å². The number of hydrogen-bond acceptors (Lipinski definition) is 1. The lowest BCUT2D eigenvalue weighted by Gasteiger charge is -2.11. The van der Waals surface area contributed by atoms with E-state index in [9.17, 15) is 0 Å². The van der Waals surface area contributed by atoms with Crippen molar-refractivity contribution in [2.24, 2.45) is 5.92 Å². The molecule has 1 rings (SSSR count). The van der Waals surface area contributed by atoms with Gasteiger partial charge in [0.2, 0.25) is 0 Å². The van der Waals surface area contributed by atoms with Gasteiger partial charge in [-0.2, -0.15) is 0 Å². The summed E-state index contributed by atoms with van der Waals surface area (Å²) >= 11 is 0. The first kappa shape index (κ1) is 12.3. The minimum absolute atomic E-state index is 0.769. The Morgan fingerprint density at radius 1 is 1.33 bits per heavy atom. The molecular formula is C14H23N. The molecular weight excluding hydrogens is 182 g/mol. The lowest BCUT2D eigenvalue weighted by Crippen LogP contribution is -2.17. The van der Waals surface area contributed by atoms with E-state index >= 15 is 0 Å². The maximum absolute atomic E-state index is 3.38. The Balaban J connectivity index is 2.34. The highest BCUT2D eigenvalue weighted by Crippen LogP contribution is 2.12. The summed E-state index contributed by atoms with van der Waals surface area (Å²) in [6, 6.07) is 8.84. The van der Waals surface area contributed by atoms with Gasteiger partial charge < -0.3 is 5.32 Å². The quantitative estimate of drug-likeness (QED) is 0.703. The number of hydrogen-bond donors (Lipinski definition) is 1. The van der Waals surface area contributed by atoms with Crippen LogP contribution in [-0.4, -0.2) is 13.1 Å². The molecule has 15 heavy (non-hydrogen) atoms. The summed E-state index contributed by atoms with van der Waals surface area (Å²) in [7, 11) is 0. The van der Waals surface area contributed by atoms with Gasteiger partial charge in [0, 0.05) is 0 Å². The molecule has 0 aromatic heterocycles. The fourth-order valence-electron chi connectivity index (χ4n) is 1.87. The summed E-state index contributed by atoms with van der Waals surface area (Å²) < 4.78 is 0. The second-order valence-electron chi connectivity index (χ2n) is 4.44. The molecule has 0 fully saturated rings.